The van der Waals surface area contributed by atoms with Gasteiger partial charge in [0.05, 0.1) is 0 Å². The highest BCUT2D eigenvalue weighted by Gasteiger charge is 2.31. The summed E-state index contributed by atoms with van der Waals surface area (Å²) < 4.78 is 0. The van der Waals surface area contributed by atoms with Crippen molar-refractivity contribution in [2.75, 3.05) is 6.54 Å². The first-order valence-electron chi connectivity index (χ1n) is 3.81. The minimum absolute atomic E-state index is 0.807. The summed E-state index contributed by atoms with van der Waals surface area (Å²) in [7, 11) is 0. The van der Waals surface area contributed by atoms with Gasteiger partial charge in [0.25, 0.3) is 0 Å². The number of fused-ring (bicyclic) bond motifs is 2. The SMILES string of the molecule is NCC1=CC2CCC1C2. The minimum Gasteiger partial charge on any atom is -0.327 e. The van der Waals surface area contributed by atoms with Gasteiger partial charge in [-0.25, -0.2) is 0 Å². The van der Waals surface area contributed by atoms with E-state index in [0.717, 1.165) is 18.4 Å². The maximum atomic E-state index is 5.55. The van der Waals surface area contributed by atoms with E-state index in [4.69, 9.17) is 5.73 Å². The molecule has 2 rings (SSSR count). The maximum absolute atomic E-state index is 5.55. The predicted octanol–water partition coefficient (Wildman–Crippen LogP) is 1.30. The second-order valence-electron chi connectivity index (χ2n) is 3.22. The fourth-order valence-corrected chi connectivity index (χ4v) is 2.18. The molecule has 1 saturated carbocycles. The largest absolute Gasteiger partial charge is 0.327 e. The summed E-state index contributed by atoms with van der Waals surface area (Å²) in [5.74, 6) is 1.80. The molecule has 1 fully saturated rings. The minimum atomic E-state index is 0.807. The van der Waals surface area contributed by atoms with Gasteiger partial charge in [-0.05, 0) is 31.1 Å². The lowest BCUT2D eigenvalue weighted by molar-refractivity contribution is 0.645. The smallest absolute Gasteiger partial charge is 0.0139 e. The molecule has 50 valence electrons. The van der Waals surface area contributed by atoms with E-state index in [1.165, 1.54) is 24.8 Å². The van der Waals surface area contributed by atoms with Crippen LogP contribution in [-0.4, -0.2) is 6.54 Å². The fourth-order valence-electron chi connectivity index (χ4n) is 2.18. The van der Waals surface area contributed by atoms with E-state index in [1.807, 2.05) is 0 Å². The highest BCUT2D eigenvalue weighted by atomic mass is 14.6. The number of hydrogen-bond donors (Lipinski definition) is 1. The van der Waals surface area contributed by atoms with Crippen molar-refractivity contribution in [3.63, 3.8) is 0 Å². The molecule has 0 saturated heterocycles. The number of rotatable bonds is 1. The average Bonchev–Trinajstić information content (AvgIpc) is 2.45. The van der Waals surface area contributed by atoms with Crippen LogP contribution in [-0.2, 0) is 0 Å². The lowest BCUT2D eigenvalue weighted by Crippen LogP contribution is -2.08. The van der Waals surface area contributed by atoms with E-state index in [-0.39, 0.29) is 0 Å². The zero-order valence-electron chi connectivity index (χ0n) is 5.64. The van der Waals surface area contributed by atoms with E-state index in [2.05, 4.69) is 6.08 Å². The molecule has 2 bridgehead atoms. The topological polar surface area (TPSA) is 26.0 Å². The van der Waals surface area contributed by atoms with E-state index in [0.29, 0.717) is 0 Å². The normalized spacial score (nSPS) is 39.4. The molecule has 9 heavy (non-hydrogen) atoms. The third-order valence-corrected chi connectivity index (χ3v) is 2.68. The molecular weight excluding hydrogens is 110 g/mol. The van der Waals surface area contributed by atoms with Crippen LogP contribution in [0.2, 0.25) is 0 Å². The monoisotopic (exact) mass is 123 g/mol. The zero-order valence-corrected chi connectivity index (χ0v) is 5.64. The van der Waals surface area contributed by atoms with Crippen LogP contribution in [0.25, 0.3) is 0 Å². The van der Waals surface area contributed by atoms with Crippen molar-refractivity contribution in [1.82, 2.24) is 0 Å². The first kappa shape index (κ1) is 5.48. The van der Waals surface area contributed by atoms with Gasteiger partial charge in [-0.1, -0.05) is 11.6 Å². The molecule has 2 aliphatic rings. The van der Waals surface area contributed by atoms with Gasteiger partial charge in [0.2, 0.25) is 0 Å². The van der Waals surface area contributed by atoms with Crippen molar-refractivity contribution in [3.05, 3.63) is 11.6 Å². The standard InChI is InChI=1S/C8H13N/c9-5-8-4-6-1-2-7(8)3-6/h4,6-7H,1-3,5,9H2. The number of nitrogens with two attached hydrogens (primary N) is 1. The summed E-state index contributed by atoms with van der Waals surface area (Å²) in [5, 5.41) is 0. The van der Waals surface area contributed by atoms with E-state index >= 15 is 0 Å². The van der Waals surface area contributed by atoms with Gasteiger partial charge in [0.1, 0.15) is 0 Å². The zero-order chi connectivity index (χ0) is 6.27. The molecule has 2 aliphatic carbocycles. The Morgan fingerprint density at radius 1 is 1.56 bits per heavy atom. The van der Waals surface area contributed by atoms with Crippen LogP contribution >= 0.6 is 0 Å². The van der Waals surface area contributed by atoms with Gasteiger partial charge < -0.3 is 5.73 Å². The van der Waals surface area contributed by atoms with Crippen LogP contribution in [0.15, 0.2) is 11.6 Å². The summed E-state index contributed by atoms with van der Waals surface area (Å²) in [5.41, 5.74) is 7.09. The van der Waals surface area contributed by atoms with Gasteiger partial charge in [0.15, 0.2) is 0 Å². The molecule has 0 aromatic heterocycles. The third-order valence-electron chi connectivity index (χ3n) is 2.68. The molecule has 2 unspecified atom stereocenters. The summed E-state index contributed by atoms with van der Waals surface area (Å²) in [4.78, 5) is 0. The highest BCUT2D eigenvalue weighted by molar-refractivity contribution is 5.20. The van der Waals surface area contributed by atoms with E-state index in [1.54, 1.807) is 0 Å². The summed E-state index contributed by atoms with van der Waals surface area (Å²) in [6, 6.07) is 0. The molecule has 2 atom stereocenters. The molecule has 0 radical (unpaired) electrons. The molecular formula is C8H13N. The second kappa shape index (κ2) is 1.84. The lowest BCUT2D eigenvalue weighted by Gasteiger charge is -2.09. The van der Waals surface area contributed by atoms with Crippen molar-refractivity contribution < 1.29 is 0 Å². The van der Waals surface area contributed by atoms with Crippen LogP contribution in [0.4, 0.5) is 0 Å². The Morgan fingerprint density at radius 3 is 2.78 bits per heavy atom. The quantitative estimate of drug-likeness (QED) is 0.522. The molecule has 0 aromatic rings. The molecule has 0 heterocycles. The Morgan fingerprint density at radius 2 is 2.44 bits per heavy atom. The Labute approximate surface area is 55.9 Å². The van der Waals surface area contributed by atoms with Crippen molar-refractivity contribution >= 4 is 0 Å². The molecule has 0 aliphatic heterocycles. The summed E-state index contributed by atoms with van der Waals surface area (Å²) in [6.07, 6.45) is 6.64. The Hall–Kier alpha value is -0.300. The van der Waals surface area contributed by atoms with Gasteiger partial charge >= 0.3 is 0 Å². The van der Waals surface area contributed by atoms with Crippen molar-refractivity contribution in [2.24, 2.45) is 17.6 Å². The van der Waals surface area contributed by atoms with Crippen molar-refractivity contribution in [3.8, 4) is 0 Å². The van der Waals surface area contributed by atoms with Crippen molar-refractivity contribution in [2.45, 2.75) is 19.3 Å². The molecule has 1 heteroatoms. The Bertz CT molecular complexity index is 149. The Balaban J connectivity index is 2.18. The summed E-state index contributed by atoms with van der Waals surface area (Å²) >= 11 is 0. The lowest BCUT2D eigenvalue weighted by atomic mass is 9.99. The van der Waals surface area contributed by atoms with E-state index < -0.39 is 0 Å². The van der Waals surface area contributed by atoms with Gasteiger partial charge in [-0.15, -0.1) is 0 Å². The second-order valence-corrected chi connectivity index (χ2v) is 3.22. The maximum Gasteiger partial charge on any atom is 0.0139 e. The number of hydrogen-bond acceptors (Lipinski definition) is 1. The fraction of sp³-hybridized carbons (Fsp3) is 0.750. The third kappa shape index (κ3) is 0.715. The summed E-state index contributed by atoms with van der Waals surface area (Å²) in [6.45, 7) is 0.807. The Kier molecular flexibility index (Phi) is 1.12. The van der Waals surface area contributed by atoms with E-state index in [9.17, 15) is 0 Å². The van der Waals surface area contributed by atoms with Crippen LogP contribution in [0.3, 0.4) is 0 Å². The first-order valence-corrected chi connectivity index (χ1v) is 3.81. The molecule has 2 N–H and O–H groups in total. The predicted molar refractivity (Wildman–Crippen MR) is 38.0 cm³/mol. The van der Waals surface area contributed by atoms with Crippen molar-refractivity contribution in [1.29, 1.82) is 0 Å². The van der Waals surface area contributed by atoms with Gasteiger partial charge in [0, 0.05) is 6.54 Å². The molecule has 0 amide bonds. The van der Waals surface area contributed by atoms with Gasteiger partial charge in [-0.2, -0.15) is 0 Å². The molecule has 0 spiro atoms. The van der Waals surface area contributed by atoms with Crippen LogP contribution in [0.5, 0.6) is 0 Å². The average molecular weight is 123 g/mol. The van der Waals surface area contributed by atoms with Crippen LogP contribution in [0, 0.1) is 11.8 Å². The van der Waals surface area contributed by atoms with Crippen LogP contribution in [0.1, 0.15) is 19.3 Å². The first-order chi connectivity index (χ1) is 4.40. The molecule has 1 nitrogen and oxygen atoms in total. The van der Waals surface area contributed by atoms with Crippen LogP contribution < -0.4 is 5.73 Å². The van der Waals surface area contributed by atoms with Gasteiger partial charge in [-0.3, -0.25) is 0 Å². The molecule has 0 aromatic carbocycles. The number of allylic oxidation sites excluding steroid dienone is 1. The highest BCUT2D eigenvalue weighted by Crippen LogP contribution is 2.42.